The quantitative estimate of drug-likeness (QED) is 0.771. The van der Waals surface area contributed by atoms with E-state index < -0.39 is 29.0 Å². The normalized spacial score (nSPS) is 45.5. The van der Waals surface area contributed by atoms with Crippen LogP contribution >= 0.6 is 0 Å². The Kier molecular flexibility index (Phi) is 4.17. The van der Waals surface area contributed by atoms with E-state index in [9.17, 15) is 10.2 Å². The Morgan fingerprint density at radius 3 is 2.57 bits per heavy atom. The molecule has 5 rings (SSSR count). The third kappa shape index (κ3) is 2.12. The second-order valence-electron chi connectivity index (χ2n) is 10.5. The second kappa shape index (κ2) is 6.10. The zero-order valence-electron chi connectivity index (χ0n) is 18.9. The van der Waals surface area contributed by atoms with Gasteiger partial charge in [-0.3, -0.25) is 0 Å². The van der Waals surface area contributed by atoms with Gasteiger partial charge >= 0.3 is 0 Å². The zero-order valence-corrected chi connectivity index (χ0v) is 18.9. The topological polar surface area (TPSA) is 68.2 Å². The van der Waals surface area contributed by atoms with Crippen molar-refractivity contribution in [2.75, 3.05) is 13.7 Å². The molecule has 3 fully saturated rings. The van der Waals surface area contributed by atoms with Gasteiger partial charge in [-0.15, -0.1) is 0 Å². The highest BCUT2D eigenvalue weighted by Gasteiger charge is 2.75. The van der Waals surface area contributed by atoms with Crippen molar-refractivity contribution in [3.63, 3.8) is 0 Å². The van der Waals surface area contributed by atoms with Gasteiger partial charge in [0.2, 0.25) is 0 Å². The van der Waals surface area contributed by atoms with Crippen molar-refractivity contribution in [3.05, 3.63) is 34.9 Å². The average Bonchev–Trinajstić information content (AvgIpc) is 3.03. The minimum atomic E-state index is -1.13. The summed E-state index contributed by atoms with van der Waals surface area (Å²) >= 11 is 0. The molecule has 0 radical (unpaired) electrons. The van der Waals surface area contributed by atoms with Crippen LogP contribution in [0.15, 0.2) is 18.2 Å². The first-order valence-electron chi connectivity index (χ1n) is 11.1. The lowest BCUT2D eigenvalue weighted by molar-refractivity contribution is -0.382. The van der Waals surface area contributed by atoms with Crippen LogP contribution in [0, 0.1) is 30.1 Å². The van der Waals surface area contributed by atoms with Crippen LogP contribution in [-0.4, -0.2) is 41.4 Å². The fourth-order valence-corrected chi connectivity index (χ4v) is 7.27. The molecule has 0 unspecified atom stereocenters. The summed E-state index contributed by atoms with van der Waals surface area (Å²) in [5.41, 5.74) is 1.96. The molecule has 30 heavy (non-hydrogen) atoms. The molecule has 5 nitrogen and oxygen atoms in total. The Hall–Kier alpha value is -1.40. The number of ether oxygens (including phenoxy) is 3. The summed E-state index contributed by atoms with van der Waals surface area (Å²) in [6.45, 7) is 10.3. The Bertz CT molecular complexity index is 922. The molecular weight excluding hydrogens is 380 g/mol. The molecule has 2 bridgehead atoms. The van der Waals surface area contributed by atoms with Crippen molar-refractivity contribution >= 4 is 6.08 Å². The molecule has 5 heteroatoms. The van der Waals surface area contributed by atoms with E-state index in [1.165, 1.54) is 0 Å². The van der Waals surface area contributed by atoms with Crippen LogP contribution in [0.5, 0.6) is 5.75 Å². The molecule has 2 aliphatic carbocycles. The fraction of sp³-hybridized carbons (Fsp3) is 0.680. The maximum Gasteiger partial charge on any atom is 0.199 e. The molecule has 2 heterocycles. The monoisotopic (exact) mass is 414 g/mol. The van der Waals surface area contributed by atoms with Crippen molar-refractivity contribution in [3.8, 4) is 5.75 Å². The molecule has 0 aromatic heterocycles. The smallest absolute Gasteiger partial charge is 0.199 e. The molecule has 164 valence electrons. The number of aliphatic hydroxyl groups is 2. The van der Waals surface area contributed by atoms with E-state index in [0.717, 1.165) is 35.3 Å². The minimum Gasteiger partial charge on any atom is -0.496 e. The molecule has 7 atom stereocenters. The number of hydrogen-bond donors (Lipinski definition) is 2. The van der Waals surface area contributed by atoms with Crippen LogP contribution in [0.3, 0.4) is 0 Å². The fourth-order valence-electron chi connectivity index (χ4n) is 7.27. The molecular formula is C25H34O5. The van der Waals surface area contributed by atoms with Crippen molar-refractivity contribution in [1.82, 2.24) is 0 Å². The number of benzene rings is 1. The molecule has 4 aliphatic rings. The van der Waals surface area contributed by atoms with Gasteiger partial charge in [-0.25, -0.2) is 0 Å². The van der Waals surface area contributed by atoms with Gasteiger partial charge in [0.25, 0.3) is 0 Å². The standard InChI is InChI=1S/C25H34O5/c1-14-16-9-11-23(5)17-10-12-24(23,18(16)7-8-20(14)28-6)30-25(15(17)2)21(27)19(13-26)22(3,4)29-25/h7-9,11,15,17,19,21,26-27H,10,12-13H2,1-6H3/t15-,17+,19-,21+,23-,24-,25-/m0/s1. The molecule has 2 N–H and O–H groups in total. The number of rotatable bonds is 2. The first kappa shape index (κ1) is 20.5. The summed E-state index contributed by atoms with van der Waals surface area (Å²) < 4.78 is 19.2. The largest absolute Gasteiger partial charge is 0.496 e. The third-order valence-corrected chi connectivity index (χ3v) is 9.04. The van der Waals surface area contributed by atoms with Gasteiger partial charge in [0.1, 0.15) is 17.5 Å². The van der Waals surface area contributed by atoms with Crippen LogP contribution in [0.4, 0.5) is 0 Å². The summed E-state index contributed by atoms with van der Waals surface area (Å²) in [4.78, 5) is 0. The van der Waals surface area contributed by atoms with E-state index in [1.807, 2.05) is 19.9 Å². The molecule has 2 aliphatic heterocycles. The molecule has 0 amide bonds. The van der Waals surface area contributed by atoms with Crippen molar-refractivity contribution in [2.45, 2.75) is 70.6 Å². The summed E-state index contributed by atoms with van der Waals surface area (Å²) in [5, 5.41) is 21.5. The molecule has 1 aromatic rings. The number of hydrogen-bond acceptors (Lipinski definition) is 5. The number of methoxy groups -OCH3 is 1. The SMILES string of the molecule is COc1ccc2c(c1C)C=C[C@@]1(C)[C@@H]3CC[C@]21O[C@@]1(OC(C)(C)[C@@H](CO)[C@H]1O)[C@H]3C. The highest BCUT2D eigenvalue weighted by molar-refractivity contribution is 5.67. The number of aliphatic hydroxyl groups excluding tert-OH is 2. The first-order valence-corrected chi connectivity index (χ1v) is 11.1. The Balaban J connectivity index is 1.71. The Morgan fingerprint density at radius 2 is 1.93 bits per heavy atom. The first-order chi connectivity index (χ1) is 14.1. The summed E-state index contributed by atoms with van der Waals surface area (Å²) in [7, 11) is 1.70. The van der Waals surface area contributed by atoms with Gasteiger partial charge in [0, 0.05) is 17.3 Å². The van der Waals surface area contributed by atoms with Gasteiger partial charge in [-0.05, 0) is 62.3 Å². The maximum atomic E-state index is 11.4. The van der Waals surface area contributed by atoms with E-state index in [1.54, 1.807) is 7.11 Å². The van der Waals surface area contributed by atoms with Crippen LogP contribution in [-0.2, 0) is 15.1 Å². The van der Waals surface area contributed by atoms with E-state index in [4.69, 9.17) is 14.2 Å². The predicted octanol–water partition coefficient (Wildman–Crippen LogP) is 3.78. The van der Waals surface area contributed by atoms with Gasteiger partial charge < -0.3 is 24.4 Å². The third-order valence-electron chi connectivity index (χ3n) is 9.04. The van der Waals surface area contributed by atoms with Crippen LogP contribution in [0.25, 0.3) is 6.08 Å². The zero-order chi connectivity index (χ0) is 21.7. The van der Waals surface area contributed by atoms with Crippen LogP contribution in [0.2, 0.25) is 0 Å². The van der Waals surface area contributed by atoms with E-state index in [2.05, 4.69) is 39.0 Å². The van der Waals surface area contributed by atoms with Gasteiger partial charge in [-0.1, -0.05) is 32.1 Å². The maximum absolute atomic E-state index is 11.4. The Morgan fingerprint density at radius 1 is 1.20 bits per heavy atom. The second-order valence-corrected chi connectivity index (χ2v) is 10.5. The molecule has 1 aromatic carbocycles. The summed E-state index contributed by atoms with van der Waals surface area (Å²) in [6, 6.07) is 4.15. The number of fused-ring (bicyclic) bond motifs is 1. The average molecular weight is 415 g/mol. The highest BCUT2D eigenvalue weighted by Crippen LogP contribution is 2.71. The van der Waals surface area contributed by atoms with Crippen molar-refractivity contribution in [1.29, 1.82) is 0 Å². The highest BCUT2D eigenvalue weighted by atomic mass is 16.7. The predicted molar refractivity (Wildman–Crippen MR) is 114 cm³/mol. The van der Waals surface area contributed by atoms with Crippen LogP contribution in [0.1, 0.15) is 57.2 Å². The van der Waals surface area contributed by atoms with Gasteiger partial charge in [-0.2, -0.15) is 0 Å². The lowest BCUT2D eigenvalue weighted by Gasteiger charge is -2.59. The molecule has 1 spiro atoms. The lowest BCUT2D eigenvalue weighted by Crippen LogP contribution is -2.65. The van der Waals surface area contributed by atoms with Crippen LogP contribution < -0.4 is 4.74 Å². The minimum absolute atomic E-state index is 0.00510. The van der Waals surface area contributed by atoms with E-state index in [0.29, 0.717) is 5.92 Å². The van der Waals surface area contributed by atoms with Gasteiger partial charge in [0.05, 0.1) is 19.3 Å². The Labute approximate surface area is 179 Å². The van der Waals surface area contributed by atoms with Crippen molar-refractivity contribution < 1.29 is 24.4 Å². The van der Waals surface area contributed by atoms with E-state index >= 15 is 0 Å². The lowest BCUT2D eigenvalue weighted by atomic mass is 9.57. The van der Waals surface area contributed by atoms with E-state index in [-0.39, 0.29) is 17.9 Å². The molecule has 2 saturated heterocycles. The van der Waals surface area contributed by atoms with Crippen molar-refractivity contribution in [2.24, 2.45) is 23.2 Å². The van der Waals surface area contributed by atoms with Gasteiger partial charge in [0.15, 0.2) is 5.79 Å². The summed E-state index contributed by atoms with van der Waals surface area (Å²) in [5.74, 6) is -0.356. The summed E-state index contributed by atoms with van der Waals surface area (Å²) in [6.07, 6.45) is 5.55. The molecule has 1 saturated carbocycles.